The smallest absolute Gasteiger partial charge is 0.240 e. The van der Waals surface area contributed by atoms with Gasteiger partial charge in [0.15, 0.2) is 0 Å². The van der Waals surface area contributed by atoms with Gasteiger partial charge < -0.3 is 5.32 Å². The Morgan fingerprint density at radius 1 is 1.20 bits per heavy atom. The predicted molar refractivity (Wildman–Crippen MR) is 81.2 cm³/mol. The summed E-state index contributed by atoms with van der Waals surface area (Å²) in [7, 11) is -3.34. The number of rotatable bonds is 7. The van der Waals surface area contributed by atoms with Crippen LogP contribution >= 0.6 is 0 Å². The second-order valence-electron chi connectivity index (χ2n) is 5.75. The molecule has 1 aromatic rings. The summed E-state index contributed by atoms with van der Waals surface area (Å²) in [5.41, 5.74) is 1.15. The number of benzene rings is 1. The van der Waals surface area contributed by atoms with Crippen molar-refractivity contribution in [2.45, 2.75) is 56.5 Å². The van der Waals surface area contributed by atoms with E-state index in [1.165, 1.54) is 0 Å². The largest absolute Gasteiger partial charge is 0.314 e. The van der Waals surface area contributed by atoms with Gasteiger partial charge in [0.05, 0.1) is 4.90 Å². The van der Waals surface area contributed by atoms with E-state index in [-0.39, 0.29) is 6.04 Å². The fraction of sp³-hybridized carbons (Fsp3) is 0.600. The summed E-state index contributed by atoms with van der Waals surface area (Å²) >= 11 is 0. The van der Waals surface area contributed by atoms with Gasteiger partial charge in [-0.15, -0.1) is 0 Å². The molecule has 4 nitrogen and oxygen atoms in total. The molecule has 0 radical (unpaired) electrons. The quantitative estimate of drug-likeness (QED) is 0.810. The van der Waals surface area contributed by atoms with Gasteiger partial charge in [0.1, 0.15) is 0 Å². The molecule has 1 aliphatic carbocycles. The first-order chi connectivity index (χ1) is 9.47. The molecule has 0 aromatic heterocycles. The standard InChI is InChI=1S/C15H24N2O2S/c1-12(2)16-11-10-13-6-8-15(9-7-13)20(18,19)17-14-4-3-5-14/h6-9,12,14,16-17H,3-5,10-11H2,1-2H3. The molecular formula is C15H24N2O2S. The highest BCUT2D eigenvalue weighted by molar-refractivity contribution is 7.89. The fourth-order valence-electron chi connectivity index (χ4n) is 2.15. The summed E-state index contributed by atoms with van der Waals surface area (Å²) in [5, 5.41) is 3.35. The Bertz CT molecular complexity index is 519. The van der Waals surface area contributed by atoms with Gasteiger partial charge in [0.25, 0.3) is 0 Å². The Morgan fingerprint density at radius 2 is 1.85 bits per heavy atom. The summed E-state index contributed by atoms with van der Waals surface area (Å²) in [6, 6.07) is 7.81. The average molecular weight is 296 g/mol. The highest BCUT2D eigenvalue weighted by atomic mass is 32.2. The zero-order valence-corrected chi connectivity index (χ0v) is 13.0. The molecule has 1 fully saturated rings. The second kappa shape index (κ2) is 6.70. The van der Waals surface area contributed by atoms with E-state index in [4.69, 9.17) is 0 Å². The molecule has 112 valence electrons. The average Bonchev–Trinajstić information content (AvgIpc) is 2.34. The maximum Gasteiger partial charge on any atom is 0.240 e. The highest BCUT2D eigenvalue weighted by Gasteiger charge is 2.24. The second-order valence-corrected chi connectivity index (χ2v) is 7.47. The molecule has 0 amide bonds. The number of hydrogen-bond acceptors (Lipinski definition) is 3. The first-order valence-corrected chi connectivity index (χ1v) is 8.80. The third kappa shape index (κ3) is 4.30. The Hall–Kier alpha value is -0.910. The summed E-state index contributed by atoms with van der Waals surface area (Å²) in [6.45, 7) is 5.13. The minimum Gasteiger partial charge on any atom is -0.314 e. The van der Waals surface area contributed by atoms with Gasteiger partial charge in [-0.1, -0.05) is 32.4 Å². The molecule has 0 heterocycles. The normalized spacial score (nSPS) is 16.4. The van der Waals surface area contributed by atoms with Crippen molar-refractivity contribution in [2.75, 3.05) is 6.54 Å². The number of nitrogens with one attached hydrogen (secondary N) is 2. The Balaban J connectivity index is 1.93. The number of sulfonamides is 1. The molecule has 0 bridgehead atoms. The van der Waals surface area contributed by atoms with E-state index in [9.17, 15) is 8.42 Å². The van der Waals surface area contributed by atoms with Crippen molar-refractivity contribution in [3.05, 3.63) is 29.8 Å². The molecule has 0 atom stereocenters. The van der Waals surface area contributed by atoms with Crippen molar-refractivity contribution in [2.24, 2.45) is 0 Å². The van der Waals surface area contributed by atoms with E-state index in [0.29, 0.717) is 10.9 Å². The van der Waals surface area contributed by atoms with Crippen molar-refractivity contribution in [3.8, 4) is 0 Å². The van der Waals surface area contributed by atoms with Crippen molar-refractivity contribution >= 4 is 10.0 Å². The maximum atomic E-state index is 12.1. The molecule has 0 saturated heterocycles. The number of hydrogen-bond donors (Lipinski definition) is 2. The van der Waals surface area contributed by atoms with Gasteiger partial charge in [-0.2, -0.15) is 0 Å². The molecule has 0 spiro atoms. The molecule has 1 saturated carbocycles. The van der Waals surface area contributed by atoms with Crippen molar-refractivity contribution in [1.82, 2.24) is 10.0 Å². The zero-order chi connectivity index (χ0) is 14.6. The third-order valence-corrected chi connectivity index (χ3v) is 5.16. The van der Waals surface area contributed by atoms with Crippen molar-refractivity contribution in [3.63, 3.8) is 0 Å². The summed E-state index contributed by atoms with van der Waals surface area (Å²) < 4.78 is 27.0. The van der Waals surface area contributed by atoms with Crippen LogP contribution in [-0.2, 0) is 16.4 Å². The van der Waals surface area contributed by atoms with Crippen LogP contribution in [0.2, 0.25) is 0 Å². The van der Waals surface area contributed by atoms with Crippen LogP contribution in [0.5, 0.6) is 0 Å². The molecule has 20 heavy (non-hydrogen) atoms. The van der Waals surface area contributed by atoms with Gasteiger partial charge in [0, 0.05) is 12.1 Å². The first-order valence-electron chi connectivity index (χ1n) is 7.32. The van der Waals surface area contributed by atoms with E-state index in [2.05, 4.69) is 23.9 Å². The minimum atomic E-state index is -3.34. The van der Waals surface area contributed by atoms with Crippen LogP contribution in [0.3, 0.4) is 0 Å². The SMILES string of the molecule is CC(C)NCCc1ccc(S(=O)(=O)NC2CCC2)cc1. The summed E-state index contributed by atoms with van der Waals surface area (Å²) in [5.74, 6) is 0. The lowest BCUT2D eigenvalue weighted by Gasteiger charge is -2.26. The monoisotopic (exact) mass is 296 g/mol. The van der Waals surface area contributed by atoms with Crippen molar-refractivity contribution in [1.29, 1.82) is 0 Å². The highest BCUT2D eigenvalue weighted by Crippen LogP contribution is 2.21. The summed E-state index contributed by atoms with van der Waals surface area (Å²) in [4.78, 5) is 0.366. The molecule has 1 aliphatic rings. The Morgan fingerprint density at radius 3 is 2.35 bits per heavy atom. The predicted octanol–water partition coefficient (Wildman–Crippen LogP) is 2.06. The van der Waals surface area contributed by atoms with Gasteiger partial charge in [-0.25, -0.2) is 13.1 Å². The fourth-order valence-corrected chi connectivity index (χ4v) is 3.46. The third-order valence-electron chi connectivity index (χ3n) is 3.63. The van der Waals surface area contributed by atoms with Crippen LogP contribution in [0.4, 0.5) is 0 Å². The zero-order valence-electron chi connectivity index (χ0n) is 12.2. The van der Waals surface area contributed by atoms with Gasteiger partial charge >= 0.3 is 0 Å². The summed E-state index contributed by atoms with van der Waals surface area (Å²) in [6.07, 6.45) is 3.94. The van der Waals surface area contributed by atoms with Gasteiger partial charge in [-0.05, 0) is 43.5 Å². The Kier molecular flexibility index (Phi) is 5.18. The Labute approximate surface area is 122 Å². The van der Waals surface area contributed by atoms with Gasteiger partial charge in [-0.3, -0.25) is 0 Å². The van der Waals surface area contributed by atoms with E-state index in [1.54, 1.807) is 12.1 Å². The van der Waals surface area contributed by atoms with Crippen LogP contribution in [0.25, 0.3) is 0 Å². The minimum absolute atomic E-state index is 0.134. The van der Waals surface area contributed by atoms with E-state index in [0.717, 1.165) is 37.8 Å². The van der Waals surface area contributed by atoms with E-state index in [1.807, 2.05) is 12.1 Å². The van der Waals surface area contributed by atoms with Crippen LogP contribution in [-0.4, -0.2) is 27.0 Å². The lowest BCUT2D eigenvalue weighted by molar-refractivity contribution is 0.383. The first kappa shape index (κ1) is 15.5. The van der Waals surface area contributed by atoms with E-state index < -0.39 is 10.0 Å². The van der Waals surface area contributed by atoms with Crippen LogP contribution in [0, 0.1) is 0 Å². The molecule has 0 unspecified atom stereocenters. The van der Waals surface area contributed by atoms with Crippen LogP contribution < -0.4 is 10.0 Å². The van der Waals surface area contributed by atoms with E-state index >= 15 is 0 Å². The molecular weight excluding hydrogens is 272 g/mol. The molecule has 2 rings (SSSR count). The maximum absolute atomic E-state index is 12.1. The molecule has 5 heteroatoms. The molecule has 2 N–H and O–H groups in total. The molecule has 0 aliphatic heterocycles. The van der Waals surface area contributed by atoms with Crippen LogP contribution in [0.15, 0.2) is 29.2 Å². The van der Waals surface area contributed by atoms with Crippen molar-refractivity contribution < 1.29 is 8.42 Å². The van der Waals surface area contributed by atoms with Crippen LogP contribution in [0.1, 0.15) is 38.7 Å². The molecule has 1 aromatic carbocycles. The van der Waals surface area contributed by atoms with Gasteiger partial charge in [0.2, 0.25) is 10.0 Å². The lowest BCUT2D eigenvalue weighted by atomic mass is 9.94. The lowest BCUT2D eigenvalue weighted by Crippen LogP contribution is -2.39. The topological polar surface area (TPSA) is 58.2 Å².